The lowest BCUT2D eigenvalue weighted by Crippen LogP contribution is -2.43. The molecule has 0 N–H and O–H groups in total. The second kappa shape index (κ2) is 6.80. The van der Waals surface area contributed by atoms with E-state index in [4.69, 9.17) is 4.18 Å². The fourth-order valence-corrected chi connectivity index (χ4v) is 3.31. The Balaban J connectivity index is 2.70. The minimum atomic E-state index is -3.72. The van der Waals surface area contributed by atoms with E-state index in [1.54, 1.807) is 0 Å². The summed E-state index contributed by atoms with van der Waals surface area (Å²) in [5, 5.41) is 0. The predicted molar refractivity (Wildman–Crippen MR) is 96.8 cm³/mol. The van der Waals surface area contributed by atoms with Gasteiger partial charge in [0.15, 0.2) is 5.60 Å². The molecular formula is C20H22O3S. The van der Waals surface area contributed by atoms with Gasteiger partial charge in [-0.2, -0.15) is 8.42 Å². The van der Waals surface area contributed by atoms with Gasteiger partial charge in [0.1, 0.15) is 0 Å². The number of rotatable bonds is 3. The Kier molecular flexibility index (Phi) is 5.17. The molecule has 0 amide bonds. The van der Waals surface area contributed by atoms with Crippen molar-refractivity contribution >= 4 is 10.1 Å². The highest BCUT2D eigenvalue weighted by Gasteiger charge is 2.46. The van der Waals surface area contributed by atoms with Crippen molar-refractivity contribution in [1.82, 2.24) is 0 Å². The van der Waals surface area contributed by atoms with Gasteiger partial charge in [0, 0.05) is 11.0 Å². The predicted octanol–water partition coefficient (Wildman–Crippen LogP) is 3.96. The third kappa shape index (κ3) is 4.25. The molecule has 0 saturated carbocycles. The molecule has 0 radical (unpaired) electrons. The van der Waals surface area contributed by atoms with Crippen LogP contribution in [0, 0.1) is 17.3 Å². The van der Waals surface area contributed by atoms with Gasteiger partial charge in [-0.3, -0.25) is 0 Å². The Bertz CT molecular complexity index is 838. The van der Waals surface area contributed by atoms with E-state index in [1.165, 1.54) is 0 Å². The first kappa shape index (κ1) is 18.3. The van der Waals surface area contributed by atoms with E-state index >= 15 is 0 Å². The Labute approximate surface area is 144 Å². The van der Waals surface area contributed by atoms with Gasteiger partial charge < -0.3 is 0 Å². The standard InChI is InChI=1S/C20H22O3S/c1-19(2,3)20(23-24(4,21)22,18-13-9-6-10-14-18)16-15-17-11-7-5-8-12-17/h5-14H,1-4H3. The Morgan fingerprint density at radius 1 is 0.875 bits per heavy atom. The minimum Gasteiger partial charge on any atom is -0.245 e. The van der Waals surface area contributed by atoms with E-state index in [1.807, 2.05) is 81.4 Å². The van der Waals surface area contributed by atoms with Crippen LogP contribution in [-0.4, -0.2) is 14.7 Å². The lowest BCUT2D eigenvalue weighted by atomic mass is 9.72. The molecular weight excluding hydrogens is 320 g/mol. The van der Waals surface area contributed by atoms with Crippen LogP contribution in [0.1, 0.15) is 31.9 Å². The van der Waals surface area contributed by atoms with Crippen LogP contribution in [0.5, 0.6) is 0 Å². The van der Waals surface area contributed by atoms with Crippen molar-refractivity contribution in [2.45, 2.75) is 26.4 Å². The van der Waals surface area contributed by atoms with Crippen LogP contribution in [0.4, 0.5) is 0 Å². The molecule has 2 rings (SSSR count). The van der Waals surface area contributed by atoms with Gasteiger partial charge in [0.2, 0.25) is 0 Å². The van der Waals surface area contributed by atoms with Crippen LogP contribution in [0.15, 0.2) is 60.7 Å². The van der Waals surface area contributed by atoms with Gasteiger partial charge in [0.25, 0.3) is 10.1 Å². The van der Waals surface area contributed by atoms with Crippen molar-refractivity contribution in [3.05, 3.63) is 71.8 Å². The zero-order valence-electron chi connectivity index (χ0n) is 14.4. The van der Waals surface area contributed by atoms with Crippen molar-refractivity contribution in [1.29, 1.82) is 0 Å². The quantitative estimate of drug-likeness (QED) is 0.626. The van der Waals surface area contributed by atoms with Crippen molar-refractivity contribution in [2.24, 2.45) is 5.41 Å². The summed E-state index contributed by atoms with van der Waals surface area (Å²) in [4.78, 5) is 0. The fourth-order valence-electron chi connectivity index (χ4n) is 2.47. The molecule has 2 aromatic rings. The van der Waals surface area contributed by atoms with Gasteiger partial charge in [-0.1, -0.05) is 81.1 Å². The summed E-state index contributed by atoms with van der Waals surface area (Å²) >= 11 is 0. The van der Waals surface area contributed by atoms with Crippen LogP contribution >= 0.6 is 0 Å². The molecule has 0 spiro atoms. The molecule has 0 fully saturated rings. The second-order valence-corrected chi connectivity index (χ2v) is 8.28. The van der Waals surface area contributed by atoms with E-state index in [9.17, 15) is 8.42 Å². The molecule has 1 unspecified atom stereocenters. The summed E-state index contributed by atoms with van der Waals surface area (Å²) in [6.07, 6.45) is 1.06. The highest BCUT2D eigenvalue weighted by Crippen LogP contribution is 2.43. The summed E-state index contributed by atoms with van der Waals surface area (Å²) in [5.74, 6) is 6.18. The summed E-state index contributed by atoms with van der Waals surface area (Å²) in [5.41, 5.74) is -0.331. The van der Waals surface area contributed by atoms with E-state index in [0.29, 0.717) is 5.56 Å². The first-order valence-electron chi connectivity index (χ1n) is 7.68. The van der Waals surface area contributed by atoms with Gasteiger partial charge in [-0.15, -0.1) is 0 Å². The molecule has 0 saturated heterocycles. The van der Waals surface area contributed by atoms with Crippen LogP contribution in [0.25, 0.3) is 0 Å². The number of benzene rings is 2. The Hall–Kier alpha value is -2.09. The third-order valence-corrected chi connectivity index (χ3v) is 4.22. The summed E-state index contributed by atoms with van der Waals surface area (Å²) in [7, 11) is -3.72. The third-order valence-electron chi connectivity index (χ3n) is 3.67. The van der Waals surface area contributed by atoms with Crippen LogP contribution < -0.4 is 0 Å². The lowest BCUT2D eigenvalue weighted by Gasteiger charge is -2.39. The number of hydrogen-bond donors (Lipinski definition) is 0. The van der Waals surface area contributed by atoms with E-state index in [2.05, 4.69) is 11.8 Å². The van der Waals surface area contributed by atoms with Crippen molar-refractivity contribution < 1.29 is 12.6 Å². The smallest absolute Gasteiger partial charge is 0.245 e. The van der Waals surface area contributed by atoms with E-state index in [0.717, 1.165) is 11.8 Å². The highest BCUT2D eigenvalue weighted by molar-refractivity contribution is 7.86. The molecule has 0 heterocycles. The molecule has 0 aromatic heterocycles. The average molecular weight is 342 g/mol. The molecule has 4 heteroatoms. The molecule has 2 aromatic carbocycles. The molecule has 126 valence electrons. The summed E-state index contributed by atoms with van der Waals surface area (Å²) in [6.45, 7) is 5.76. The van der Waals surface area contributed by atoms with E-state index < -0.39 is 21.1 Å². The normalized spacial score (nSPS) is 14.3. The van der Waals surface area contributed by atoms with Crippen molar-refractivity contribution in [3.63, 3.8) is 0 Å². The van der Waals surface area contributed by atoms with Gasteiger partial charge in [-0.25, -0.2) is 4.18 Å². The van der Waals surface area contributed by atoms with Gasteiger partial charge in [0.05, 0.1) is 6.26 Å². The Morgan fingerprint density at radius 3 is 1.83 bits per heavy atom. The van der Waals surface area contributed by atoms with Crippen molar-refractivity contribution in [2.75, 3.05) is 6.26 Å². The summed E-state index contributed by atoms with van der Waals surface area (Å²) in [6, 6.07) is 18.7. The summed E-state index contributed by atoms with van der Waals surface area (Å²) < 4.78 is 29.6. The second-order valence-electron chi connectivity index (χ2n) is 6.70. The topological polar surface area (TPSA) is 43.4 Å². The number of hydrogen-bond acceptors (Lipinski definition) is 3. The lowest BCUT2D eigenvalue weighted by molar-refractivity contribution is 0.0235. The van der Waals surface area contributed by atoms with Crippen LogP contribution in [0.3, 0.4) is 0 Å². The van der Waals surface area contributed by atoms with Gasteiger partial charge >= 0.3 is 0 Å². The SMILES string of the molecule is CC(C)(C)C(C#Cc1ccccc1)(OS(C)(=O)=O)c1ccccc1. The molecule has 0 bridgehead atoms. The molecule has 24 heavy (non-hydrogen) atoms. The molecule has 0 aliphatic carbocycles. The van der Waals surface area contributed by atoms with E-state index in [-0.39, 0.29) is 0 Å². The molecule has 0 aliphatic heterocycles. The monoisotopic (exact) mass is 342 g/mol. The average Bonchev–Trinajstić information content (AvgIpc) is 2.51. The van der Waals surface area contributed by atoms with Crippen LogP contribution in [0.2, 0.25) is 0 Å². The first-order valence-corrected chi connectivity index (χ1v) is 9.50. The van der Waals surface area contributed by atoms with Gasteiger partial charge in [-0.05, 0) is 17.7 Å². The minimum absolute atomic E-state index is 0.570. The maximum Gasteiger partial charge on any atom is 0.266 e. The zero-order valence-corrected chi connectivity index (χ0v) is 15.2. The van der Waals surface area contributed by atoms with Crippen molar-refractivity contribution in [3.8, 4) is 11.8 Å². The largest absolute Gasteiger partial charge is 0.266 e. The molecule has 3 nitrogen and oxygen atoms in total. The molecule has 1 atom stereocenters. The highest BCUT2D eigenvalue weighted by atomic mass is 32.2. The van der Waals surface area contributed by atoms with Crippen LogP contribution in [-0.2, 0) is 19.9 Å². The Morgan fingerprint density at radius 2 is 1.38 bits per heavy atom. The maximum atomic E-state index is 12.0. The first-order chi connectivity index (χ1) is 11.1. The fraction of sp³-hybridized carbons (Fsp3) is 0.300. The zero-order chi connectivity index (χ0) is 17.8. The molecule has 0 aliphatic rings. The maximum absolute atomic E-state index is 12.0.